The first kappa shape index (κ1) is 17.2. The van der Waals surface area contributed by atoms with E-state index in [4.69, 9.17) is 0 Å². The molecule has 22 heavy (non-hydrogen) atoms. The van der Waals surface area contributed by atoms with Crippen molar-refractivity contribution in [2.75, 3.05) is 20.6 Å². The van der Waals surface area contributed by atoms with Crippen molar-refractivity contribution < 1.29 is 4.79 Å². The molecule has 1 atom stereocenters. The van der Waals surface area contributed by atoms with Gasteiger partial charge in [-0.15, -0.1) is 11.3 Å². The molecule has 0 aliphatic carbocycles. The average Bonchev–Trinajstić information content (AvgIpc) is 3.10. The molecule has 0 saturated heterocycles. The minimum atomic E-state index is 0.0394. The number of carbonyl (C=O) groups excluding carboxylic acids is 1. The highest BCUT2D eigenvalue weighted by molar-refractivity contribution is 7.14. The fourth-order valence-electron chi connectivity index (χ4n) is 2.49. The highest BCUT2D eigenvalue weighted by atomic mass is 32.1. The zero-order valence-corrected chi connectivity index (χ0v) is 15.3. The van der Waals surface area contributed by atoms with E-state index in [0.29, 0.717) is 6.54 Å². The van der Waals surface area contributed by atoms with Crippen LogP contribution in [0, 0.1) is 6.92 Å². The predicted molar refractivity (Wildman–Crippen MR) is 96.1 cm³/mol. The van der Waals surface area contributed by atoms with Gasteiger partial charge >= 0.3 is 0 Å². The Bertz CT molecular complexity index is 602. The summed E-state index contributed by atoms with van der Waals surface area (Å²) in [5, 5.41) is 7.31. The van der Waals surface area contributed by atoms with Crippen LogP contribution in [0.2, 0.25) is 0 Å². The van der Waals surface area contributed by atoms with Crippen LogP contribution >= 0.6 is 22.7 Å². The third-order valence-electron chi connectivity index (χ3n) is 3.77. The van der Waals surface area contributed by atoms with E-state index in [1.54, 1.807) is 22.7 Å². The molecule has 2 rings (SSSR count). The molecule has 2 heterocycles. The summed E-state index contributed by atoms with van der Waals surface area (Å²) in [5.41, 5.74) is 2.56. The van der Waals surface area contributed by atoms with E-state index >= 15 is 0 Å². The molecule has 0 unspecified atom stereocenters. The molecule has 1 amide bonds. The molecule has 3 nitrogen and oxygen atoms in total. The Morgan fingerprint density at radius 3 is 2.77 bits per heavy atom. The Hall–Kier alpha value is -1.17. The van der Waals surface area contributed by atoms with Gasteiger partial charge in [-0.05, 0) is 61.5 Å². The first-order valence-corrected chi connectivity index (χ1v) is 9.34. The number of carbonyl (C=O) groups is 1. The molecule has 2 aromatic heterocycles. The zero-order chi connectivity index (χ0) is 16.1. The Morgan fingerprint density at radius 2 is 2.18 bits per heavy atom. The predicted octanol–water partition coefficient (Wildman–Crippen LogP) is 4.10. The number of rotatable bonds is 7. The molecule has 0 radical (unpaired) electrons. The fraction of sp³-hybridized carbons (Fsp3) is 0.471. The highest BCUT2D eigenvalue weighted by Crippen LogP contribution is 2.24. The Labute approximate surface area is 141 Å². The Kier molecular flexibility index (Phi) is 6.17. The number of likely N-dealkylation sites (N-methyl/N-ethyl adjacent to an activating group) is 1. The molecule has 1 N–H and O–H groups in total. The van der Waals surface area contributed by atoms with Crippen LogP contribution in [-0.4, -0.2) is 31.4 Å². The topological polar surface area (TPSA) is 32.3 Å². The second kappa shape index (κ2) is 7.90. The van der Waals surface area contributed by atoms with Crippen molar-refractivity contribution in [3.05, 3.63) is 43.8 Å². The van der Waals surface area contributed by atoms with Gasteiger partial charge in [0.25, 0.3) is 5.91 Å². The highest BCUT2D eigenvalue weighted by Gasteiger charge is 2.17. The van der Waals surface area contributed by atoms with Gasteiger partial charge in [-0.2, -0.15) is 11.3 Å². The number of amides is 1. The van der Waals surface area contributed by atoms with E-state index in [1.165, 1.54) is 16.0 Å². The molecule has 0 aliphatic heterocycles. The quantitative estimate of drug-likeness (QED) is 0.825. The summed E-state index contributed by atoms with van der Waals surface area (Å²) in [4.78, 5) is 16.6. The lowest BCUT2D eigenvalue weighted by Crippen LogP contribution is -2.34. The fourth-order valence-corrected chi connectivity index (χ4v) is 4.18. The number of nitrogens with zero attached hydrogens (tertiary/aromatic N) is 1. The van der Waals surface area contributed by atoms with Gasteiger partial charge < -0.3 is 10.2 Å². The van der Waals surface area contributed by atoms with Crippen LogP contribution in [0.4, 0.5) is 0 Å². The van der Waals surface area contributed by atoms with Gasteiger partial charge in [0.1, 0.15) is 0 Å². The molecular formula is C17H24N2OS2. The molecule has 0 aromatic carbocycles. The molecule has 2 aromatic rings. The maximum atomic E-state index is 12.4. The number of hydrogen-bond donors (Lipinski definition) is 1. The van der Waals surface area contributed by atoms with E-state index in [9.17, 15) is 4.79 Å². The summed E-state index contributed by atoms with van der Waals surface area (Å²) in [6, 6.07) is 4.39. The molecule has 0 aliphatic rings. The van der Waals surface area contributed by atoms with E-state index in [1.807, 2.05) is 20.2 Å². The largest absolute Gasteiger partial charge is 0.349 e. The van der Waals surface area contributed by atoms with E-state index in [2.05, 4.69) is 40.9 Å². The molecule has 0 bridgehead atoms. The van der Waals surface area contributed by atoms with Gasteiger partial charge in [0, 0.05) is 11.4 Å². The number of thiophene rings is 2. The van der Waals surface area contributed by atoms with Crippen LogP contribution in [0.15, 0.2) is 22.9 Å². The van der Waals surface area contributed by atoms with Gasteiger partial charge in [-0.25, -0.2) is 0 Å². The van der Waals surface area contributed by atoms with Gasteiger partial charge in [-0.3, -0.25) is 4.79 Å². The molecule has 0 spiro atoms. The lowest BCUT2D eigenvalue weighted by atomic mass is 10.1. The Balaban J connectivity index is 2.01. The second-order valence-electron chi connectivity index (χ2n) is 5.69. The average molecular weight is 337 g/mol. The van der Waals surface area contributed by atoms with Crippen molar-refractivity contribution in [1.29, 1.82) is 0 Å². The van der Waals surface area contributed by atoms with Crippen LogP contribution in [0.5, 0.6) is 0 Å². The molecule has 0 fully saturated rings. The van der Waals surface area contributed by atoms with Gasteiger partial charge in [0.05, 0.1) is 10.9 Å². The van der Waals surface area contributed by atoms with Crippen molar-refractivity contribution in [3.63, 3.8) is 0 Å². The summed E-state index contributed by atoms with van der Waals surface area (Å²) >= 11 is 3.29. The van der Waals surface area contributed by atoms with E-state index in [0.717, 1.165) is 17.7 Å². The second-order valence-corrected chi connectivity index (χ2v) is 7.72. The standard InChI is InChI=1S/C17H24N2OS2/c1-5-6-13-9-16(22-12(13)2)17(20)18-10-15(19(3)4)14-7-8-21-11-14/h7-9,11,15H,5-6,10H2,1-4H3,(H,18,20)/t15-/m0/s1. The van der Waals surface area contributed by atoms with Gasteiger partial charge in [0.15, 0.2) is 0 Å². The Morgan fingerprint density at radius 1 is 1.41 bits per heavy atom. The van der Waals surface area contributed by atoms with E-state index < -0.39 is 0 Å². The van der Waals surface area contributed by atoms with Crippen LogP contribution in [-0.2, 0) is 6.42 Å². The van der Waals surface area contributed by atoms with Crippen molar-refractivity contribution in [2.45, 2.75) is 32.7 Å². The van der Waals surface area contributed by atoms with Crippen LogP contribution in [0.1, 0.15) is 45.1 Å². The van der Waals surface area contributed by atoms with Crippen molar-refractivity contribution in [3.8, 4) is 0 Å². The summed E-state index contributed by atoms with van der Waals surface area (Å²) in [5.74, 6) is 0.0394. The molecule has 0 saturated carbocycles. The maximum Gasteiger partial charge on any atom is 0.261 e. The summed E-state index contributed by atoms with van der Waals surface area (Å²) in [6.07, 6.45) is 2.16. The van der Waals surface area contributed by atoms with Crippen LogP contribution in [0.3, 0.4) is 0 Å². The normalized spacial score (nSPS) is 12.6. The molecule has 5 heteroatoms. The van der Waals surface area contributed by atoms with Gasteiger partial charge in [-0.1, -0.05) is 13.3 Å². The first-order chi connectivity index (χ1) is 10.5. The summed E-state index contributed by atoms with van der Waals surface area (Å²) in [7, 11) is 4.09. The minimum Gasteiger partial charge on any atom is -0.349 e. The van der Waals surface area contributed by atoms with Crippen molar-refractivity contribution in [1.82, 2.24) is 10.2 Å². The lowest BCUT2D eigenvalue weighted by Gasteiger charge is -2.23. The molecule has 120 valence electrons. The van der Waals surface area contributed by atoms with Gasteiger partial charge in [0.2, 0.25) is 0 Å². The SMILES string of the molecule is CCCc1cc(C(=O)NC[C@@H](c2ccsc2)N(C)C)sc1C. The number of aryl methyl sites for hydroxylation is 2. The van der Waals surface area contributed by atoms with Crippen LogP contribution < -0.4 is 5.32 Å². The number of nitrogens with one attached hydrogen (secondary N) is 1. The first-order valence-electron chi connectivity index (χ1n) is 7.59. The van der Waals surface area contributed by atoms with Crippen LogP contribution in [0.25, 0.3) is 0 Å². The monoisotopic (exact) mass is 336 g/mol. The third-order valence-corrected chi connectivity index (χ3v) is 5.56. The zero-order valence-electron chi connectivity index (χ0n) is 13.7. The minimum absolute atomic E-state index is 0.0394. The maximum absolute atomic E-state index is 12.4. The third kappa shape index (κ3) is 4.18. The lowest BCUT2D eigenvalue weighted by molar-refractivity contribution is 0.0946. The number of hydrogen-bond acceptors (Lipinski definition) is 4. The van der Waals surface area contributed by atoms with E-state index in [-0.39, 0.29) is 11.9 Å². The summed E-state index contributed by atoms with van der Waals surface area (Å²) in [6.45, 7) is 4.89. The molecular weight excluding hydrogens is 312 g/mol. The smallest absolute Gasteiger partial charge is 0.261 e. The van der Waals surface area contributed by atoms with Crippen molar-refractivity contribution in [2.24, 2.45) is 0 Å². The van der Waals surface area contributed by atoms with Crippen molar-refractivity contribution >= 4 is 28.6 Å². The summed E-state index contributed by atoms with van der Waals surface area (Å²) < 4.78 is 0.